The van der Waals surface area contributed by atoms with Crippen LogP contribution in [0.2, 0.25) is 0 Å². The fourth-order valence-electron chi connectivity index (χ4n) is 1.86. The number of carbonyl (C=O) groups is 1. The van der Waals surface area contributed by atoms with Gasteiger partial charge in [-0.1, -0.05) is 13.8 Å². The summed E-state index contributed by atoms with van der Waals surface area (Å²) < 4.78 is 4.59. The molecule has 0 amide bonds. The fraction of sp³-hybridized carbons (Fsp3) is 0.900. The maximum atomic E-state index is 11.3. The number of ether oxygens (including phenoxy) is 1. The number of rotatable bonds is 2. The Labute approximate surface area is 84.6 Å². The number of esters is 1. The molecule has 14 heavy (non-hydrogen) atoms. The van der Waals surface area contributed by atoms with Crippen molar-refractivity contribution >= 4 is 5.97 Å². The summed E-state index contributed by atoms with van der Waals surface area (Å²) in [5.74, 6) is 0.252. The Morgan fingerprint density at radius 1 is 1.64 bits per heavy atom. The molecule has 82 valence electrons. The van der Waals surface area contributed by atoms with E-state index >= 15 is 0 Å². The number of carbonyl (C=O) groups excluding carboxylic acids is 1. The largest absolute Gasteiger partial charge is 0.467 e. The molecule has 0 aromatic rings. The Morgan fingerprint density at radius 2 is 2.29 bits per heavy atom. The van der Waals surface area contributed by atoms with Crippen LogP contribution in [-0.2, 0) is 9.53 Å². The lowest BCUT2D eigenvalue weighted by atomic mass is 9.81. The van der Waals surface area contributed by atoms with Crippen LogP contribution in [0.25, 0.3) is 0 Å². The molecule has 1 saturated heterocycles. The first kappa shape index (κ1) is 11.5. The van der Waals surface area contributed by atoms with E-state index in [2.05, 4.69) is 23.9 Å². The molecule has 0 radical (unpaired) electrons. The van der Waals surface area contributed by atoms with Gasteiger partial charge in [0.05, 0.1) is 7.11 Å². The Hall–Kier alpha value is -0.610. The minimum Gasteiger partial charge on any atom is -0.467 e. The number of methoxy groups -OCH3 is 1. The Morgan fingerprint density at radius 3 is 2.79 bits per heavy atom. The van der Waals surface area contributed by atoms with Crippen LogP contribution in [0.4, 0.5) is 0 Å². The van der Waals surface area contributed by atoms with Crippen LogP contribution in [-0.4, -0.2) is 36.9 Å². The summed E-state index contributed by atoms with van der Waals surface area (Å²) in [7, 11) is 1.30. The van der Waals surface area contributed by atoms with Gasteiger partial charge in [-0.2, -0.15) is 0 Å². The normalized spacial score (nSPS) is 33.1. The number of nitrogens with one attached hydrogen (secondary N) is 1. The van der Waals surface area contributed by atoms with Crippen LogP contribution >= 0.6 is 0 Å². The summed E-state index contributed by atoms with van der Waals surface area (Å²) in [6, 6.07) is 0. The SMILES string of the molecule is COC(=O)[C@@]1(O)CNC[C@H](C(C)C)C1. The van der Waals surface area contributed by atoms with Gasteiger partial charge in [0.15, 0.2) is 5.60 Å². The highest BCUT2D eigenvalue weighted by molar-refractivity contribution is 5.79. The van der Waals surface area contributed by atoms with Crippen molar-refractivity contribution < 1.29 is 14.6 Å². The summed E-state index contributed by atoms with van der Waals surface area (Å²) >= 11 is 0. The van der Waals surface area contributed by atoms with Crippen molar-refractivity contribution in [2.75, 3.05) is 20.2 Å². The second kappa shape index (κ2) is 4.28. The van der Waals surface area contributed by atoms with Crippen molar-refractivity contribution in [1.82, 2.24) is 5.32 Å². The molecule has 2 N–H and O–H groups in total. The monoisotopic (exact) mass is 201 g/mol. The molecule has 0 bridgehead atoms. The first-order valence-corrected chi connectivity index (χ1v) is 5.01. The summed E-state index contributed by atoms with van der Waals surface area (Å²) in [4.78, 5) is 11.3. The molecule has 1 fully saturated rings. The summed E-state index contributed by atoms with van der Waals surface area (Å²) in [6.07, 6.45) is 0.490. The predicted molar refractivity (Wildman–Crippen MR) is 52.8 cm³/mol. The highest BCUT2D eigenvalue weighted by Gasteiger charge is 2.42. The van der Waals surface area contributed by atoms with Gasteiger partial charge >= 0.3 is 5.97 Å². The van der Waals surface area contributed by atoms with Crippen molar-refractivity contribution in [3.63, 3.8) is 0 Å². The highest BCUT2D eigenvalue weighted by Crippen LogP contribution is 2.27. The molecule has 0 spiro atoms. The molecule has 4 heteroatoms. The topological polar surface area (TPSA) is 58.6 Å². The van der Waals surface area contributed by atoms with Gasteiger partial charge in [0, 0.05) is 6.54 Å². The van der Waals surface area contributed by atoms with Crippen LogP contribution in [0.15, 0.2) is 0 Å². The van der Waals surface area contributed by atoms with E-state index in [1.165, 1.54) is 7.11 Å². The van der Waals surface area contributed by atoms with Crippen molar-refractivity contribution in [2.45, 2.75) is 25.9 Å². The molecule has 0 aromatic heterocycles. The Bertz CT molecular complexity index is 217. The zero-order chi connectivity index (χ0) is 10.8. The average molecular weight is 201 g/mol. The maximum Gasteiger partial charge on any atom is 0.339 e. The molecular formula is C10H19NO3. The van der Waals surface area contributed by atoms with Crippen molar-refractivity contribution in [3.8, 4) is 0 Å². The van der Waals surface area contributed by atoms with E-state index in [9.17, 15) is 9.90 Å². The third-order valence-corrected chi connectivity index (χ3v) is 2.93. The molecule has 1 rings (SSSR count). The second-order valence-electron chi connectivity index (χ2n) is 4.36. The zero-order valence-corrected chi connectivity index (χ0v) is 9.04. The Balaban J connectivity index is 2.67. The van der Waals surface area contributed by atoms with Crippen LogP contribution in [0.5, 0.6) is 0 Å². The molecule has 0 saturated carbocycles. The first-order valence-electron chi connectivity index (χ1n) is 5.01. The molecule has 1 heterocycles. The average Bonchev–Trinajstić information content (AvgIpc) is 2.16. The predicted octanol–water partition coefficient (Wildman–Crippen LogP) is 0.156. The van der Waals surface area contributed by atoms with Crippen molar-refractivity contribution in [1.29, 1.82) is 0 Å². The maximum absolute atomic E-state index is 11.3. The van der Waals surface area contributed by atoms with E-state index in [0.717, 1.165) is 6.54 Å². The van der Waals surface area contributed by atoms with Gasteiger partial charge in [-0.05, 0) is 24.8 Å². The van der Waals surface area contributed by atoms with Crippen molar-refractivity contribution in [3.05, 3.63) is 0 Å². The molecule has 0 aromatic carbocycles. The lowest BCUT2D eigenvalue weighted by Gasteiger charge is -2.36. The zero-order valence-electron chi connectivity index (χ0n) is 9.04. The Kier molecular flexibility index (Phi) is 3.50. The van der Waals surface area contributed by atoms with Crippen molar-refractivity contribution in [2.24, 2.45) is 11.8 Å². The molecule has 1 aliphatic heterocycles. The van der Waals surface area contributed by atoms with E-state index < -0.39 is 11.6 Å². The minimum absolute atomic E-state index is 0.295. The smallest absolute Gasteiger partial charge is 0.339 e. The van der Waals surface area contributed by atoms with Gasteiger partial charge in [-0.3, -0.25) is 0 Å². The fourth-order valence-corrected chi connectivity index (χ4v) is 1.86. The number of β-amino-alcohol motifs (C(OH)–C–C–N with tert-alkyl or cyclic N) is 1. The van der Waals surface area contributed by atoms with Gasteiger partial charge in [-0.25, -0.2) is 4.79 Å². The number of aliphatic hydroxyl groups is 1. The highest BCUT2D eigenvalue weighted by atomic mass is 16.5. The third kappa shape index (κ3) is 2.25. The molecule has 4 nitrogen and oxygen atoms in total. The molecule has 0 unspecified atom stereocenters. The van der Waals surface area contributed by atoms with E-state index in [-0.39, 0.29) is 0 Å². The van der Waals surface area contributed by atoms with Crippen LogP contribution < -0.4 is 5.32 Å². The first-order chi connectivity index (χ1) is 6.49. The molecular weight excluding hydrogens is 182 g/mol. The van der Waals surface area contributed by atoms with Crippen LogP contribution in [0.1, 0.15) is 20.3 Å². The standard InChI is InChI=1S/C10H19NO3/c1-7(2)8-4-10(13,6-11-5-8)9(12)14-3/h7-8,11,13H,4-6H2,1-3H3/t8-,10+/m1/s1. The van der Waals surface area contributed by atoms with E-state index in [0.29, 0.717) is 24.8 Å². The molecule has 2 atom stereocenters. The minimum atomic E-state index is -1.33. The third-order valence-electron chi connectivity index (χ3n) is 2.93. The van der Waals surface area contributed by atoms with E-state index in [1.807, 2.05) is 0 Å². The van der Waals surface area contributed by atoms with Crippen LogP contribution in [0.3, 0.4) is 0 Å². The van der Waals surface area contributed by atoms with Gasteiger partial charge < -0.3 is 15.2 Å². The van der Waals surface area contributed by atoms with Gasteiger partial charge in [0.2, 0.25) is 0 Å². The number of piperidine rings is 1. The summed E-state index contributed by atoms with van der Waals surface area (Å²) in [6.45, 7) is 5.34. The van der Waals surface area contributed by atoms with Gasteiger partial charge in [-0.15, -0.1) is 0 Å². The van der Waals surface area contributed by atoms with E-state index in [1.54, 1.807) is 0 Å². The summed E-state index contributed by atoms with van der Waals surface area (Å²) in [5, 5.41) is 13.1. The van der Waals surface area contributed by atoms with E-state index in [4.69, 9.17) is 0 Å². The lowest BCUT2D eigenvalue weighted by Crippen LogP contribution is -2.55. The number of hydrogen-bond acceptors (Lipinski definition) is 4. The lowest BCUT2D eigenvalue weighted by molar-refractivity contribution is -0.166. The molecule has 1 aliphatic rings. The summed E-state index contributed by atoms with van der Waals surface area (Å²) in [5.41, 5.74) is -1.33. The van der Waals surface area contributed by atoms with Gasteiger partial charge in [0.1, 0.15) is 0 Å². The quantitative estimate of drug-likeness (QED) is 0.625. The molecule has 0 aliphatic carbocycles. The number of hydrogen-bond donors (Lipinski definition) is 2. The van der Waals surface area contributed by atoms with Gasteiger partial charge in [0.25, 0.3) is 0 Å². The van der Waals surface area contributed by atoms with Crippen LogP contribution in [0, 0.1) is 11.8 Å². The second-order valence-corrected chi connectivity index (χ2v) is 4.36.